The minimum Gasteiger partial charge on any atom is -0.394 e. The maximum atomic E-state index is 12.9. The summed E-state index contributed by atoms with van der Waals surface area (Å²) in [5.74, 6) is 0.396. The van der Waals surface area contributed by atoms with E-state index in [-0.39, 0.29) is 19.1 Å². The van der Waals surface area contributed by atoms with Crippen molar-refractivity contribution in [2.75, 3.05) is 20.3 Å². The van der Waals surface area contributed by atoms with Crippen molar-refractivity contribution < 1.29 is 14.6 Å². The van der Waals surface area contributed by atoms with Gasteiger partial charge in [-0.1, -0.05) is 36.8 Å². The molecule has 8 heteroatoms. The van der Waals surface area contributed by atoms with Crippen LogP contribution in [-0.4, -0.2) is 57.6 Å². The molecule has 1 aromatic heterocycles. The third kappa shape index (κ3) is 4.85. The Labute approximate surface area is 169 Å². The summed E-state index contributed by atoms with van der Waals surface area (Å²) < 4.78 is 6.68. The van der Waals surface area contributed by atoms with Crippen LogP contribution in [0.5, 0.6) is 0 Å². The largest absolute Gasteiger partial charge is 0.394 e. The average molecular weight is 395 g/mol. The number of carbonyl (C=O) groups is 1. The van der Waals surface area contributed by atoms with E-state index in [9.17, 15) is 9.90 Å². The number of carbonyl (C=O) groups excluding carboxylic acids is 1. The Hall–Kier alpha value is -3.10. The van der Waals surface area contributed by atoms with Crippen LogP contribution >= 0.6 is 0 Å². The van der Waals surface area contributed by atoms with Crippen molar-refractivity contribution in [2.24, 2.45) is 0 Å². The van der Waals surface area contributed by atoms with E-state index >= 15 is 0 Å². The lowest BCUT2D eigenvalue weighted by atomic mass is 10.0. The highest BCUT2D eigenvalue weighted by Crippen LogP contribution is 2.25. The number of tetrazole rings is 1. The van der Waals surface area contributed by atoms with Crippen molar-refractivity contribution in [1.29, 1.82) is 0 Å². The first-order chi connectivity index (χ1) is 14.0. The molecule has 0 radical (unpaired) electrons. The minimum atomic E-state index is -0.488. The number of methoxy groups -OCH3 is 1. The van der Waals surface area contributed by atoms with Crippen LogP contribution in [0.25, 0.3) is 16.8 Å². The predicted molar refractivity (Wildman–Crippen MR) is 109 cm³/mol. The van der Waals surface area contributed by atoms with Crippen molar-refractivity contribution in [2.45, 2.75) is 26.3 Å². The first-order valence-electron chi connectivity index (χ1n) is 9.46. The van der Waals surface area contributed by atoms with Gasteiger partial charge >= 0.3 is 0 Å². The van der Waals surface area contributed by atoms with E-state index < -0.39 is 6.04 Å². The van der Waals surface area contributed by atoms with Crippen LogP contribution in [0.2, 0.25) is 0 Å². The van der Waals surface area contributed by atoms with E-state index in [0.29, 0.717) is 23.5 Å². The molecule has 0 spiro atoms. The predicted octanol–water partition coefficient (Wildman–Crippen LogP) is 1.94. The van der Waals surface area contributed by atoms with E-state index in [1.165, 1.54) is 7.11 Å². The molecular weight excluding hydrogens is 370 g/mol. The Morgan fingerprint density at radius 3 is 2.62 bits per heavy atom. The Morgan fingerprint density at radius 1 is 1.21 bits per heavy atom. The van der Waals surface area contributed by atoms with E-state index in [4.69, 9.17) is 4.74 Å². The number of aliphatic hydroxyl groups is 1. The number of aliphatic hydroxyl groups excluding tert-OH is 1. The normalized spacial score (nSPS) is 12.0. The van der Waals surface area contributed by atoms with Gasteiger partial charge in [0, 0.05) is 19.1 Å². The number of aromatic nitrogens is 4. The number of hydrogen-bond donors (Lipinski definition) is 2. The SMILES string of the molecule is CCc1nnnn1-c1cc(C(=O)N[C@@H](CO)COC)cc(-c2ccc(C)cc2)c1. The second-order valence-electron chi connectivity index (χ2n) is 6.80. The summed E-state index contributed by atoms with van der Waals surface area (Å²) in [6.45, 7) is 4.01. The van der Waals surface area contributed by atoms with Crippen LogP contribution < -0.4 is 5.32 Å². The second-order valence-corrected chi connectivity index (χ2v) is 6.80. The molecule has 29 heavy (non-hydrogen) atoms. The van der Waals surface area contributed by atoms with Crippen LogP contribution in [0.3, 0.4) is 0 Å². The molecule has 0 unspecified atom stereocenters. The fourth-order valence-electron chi connectivity index (χ4n) is 3.01. The number of ether oxygens (including phenoxy) is 1. The van der Waals surface area contributed by atoms with Gasteiger partial charge in [-0.25, -0.2) is 0 Å². The molecule has 0 saturated carbocycles. The lowest BCUT2D eigenvalue weighted by molar-refractivity contribution is 0.0839. The number of hydrogen-bond acceptors (Lipinski definition) is 6. The molecule has 0 fully saturated rings. The van der Waals surface area contributed by atoms with Crippen LogP contribution in [0, 0.1) is 6.92 Å². The van der Waals surface area contributed by atoms with Crippen LogP contribution in [0.15, 0.2) is 42.5 Å². The van der Waals surface area contributed by atoms with Crippen molar-refractivity contribution in [3.05, 3.63) is 59.4 Å². The molecule has 0 aliphatic carbocycles. The average Bonchev–Trinajstić information content (AvgIpc) is 3.22. The summed E-state index contributed by atoms with van der Waals surface area (Å²) in [5.41, 5.74) is 4.15. The first-order valence-corrected chi connectivity index (χ1v) is 9.46. The number of aryl methyl sites for hydroxylation is 2. The molecule has 0 bridgehead atoms. The van der Waals surface area contributed by atoms with Crippen molar-refractivity contribution >= 4 is 5.91 Å². The van der Waals surface area contributed by atoms with Gasteiger partial charge in [-0.15, -0.1) is 5.10 Å². The molecule has 0 aliphatic heterocycles. The molecule has 0 aliphatic rings. The van der Waals surface area contributed by atoms with Gasteiger partial charge in [-0.05, 0) is 46.7 Å². The zero-order valence-electron chi connectivity index (χ0n) is 16.8. The number of nitrogens with one attached hydrogen (secondary N) is 1. The number of rotatable bonds is 8. The zero-order chi connectivity index (χ0) is 20.8. The van der Waals surface area contributed by atoms with Gasteiger partial charge in [0.2, 0.25) is 0 Å². The van der Waals surface area contributed by atoms with Gasteiger partial charge < -0.3 is 15.2 Å². The van der Waals surface area contributed by atoms with Crippen molar-refractivity contribution in [1.82, 2.24) is 25.5 Å². The molecule has 0 saturated heterocycles. The lowest BCUT2D eigenvalue weighted by Gasteiger charge is -2.16. The summed E-state index contributed by atoms with van der Waals surface area (Å²) >= 11 is 0. The van der Waals surface area contributed by atoms with Crippen LogP contribution in [0.4, 0.5) is 0 Å². The van der Waals surface area contributed by atoms with Gasteiger partial charge in [-0.2, -0.15) is 4.68 Å². The smallest absolute Gasteiger partial charge is 0.251 e. The molecule has 1 amide bonds. The molecule has 3 rings (SSSR count). The highest BCUT2D eigenvalue weighted by molar-refractivity contribution is 5.96. The summed E-state index contributed by atoms with van der Waals surface area (Å²) in [7, 11) is 1.52. The van der Waals surface area contributed by atoms with E-state index in [1.54, 1.807) is 10.7 Å². The maximum Gasteiger partial charge on any atom is 0.251 e. The Bertz CT molecular complexity index is 969. The Morgan fingerprint density at radius 2 is 1.97 bits per heavy atom. The molecule has 1 heterocycles. The van der Waals surface area contributed by atoms with E-state index in [1.807, 2.05) is 50.2 Å². The van der Waals surface area contributed by atoms with Gasteiger partial charge in [0.05, 0.1) is 24.9 Å². The van der Waals surface area contributed by atoms with Gasteiger partial charge in [-0.3, -0.25) is 4.79 Å². The highest BCUT2D eigenvalue weighted by Gasteiger charge is 2.17. The lowest BCUT2D eigenvalue weighted by Crippen LogP contribution is -2.40. The van der Waals surface area contributed by atoms with Gasteiger partial charge in [0.15, 0.2) is 5.82 Å². The zero-order valence-corrected chi connectivity index (χ0v) is 16.8. The quantitative estimate of drug-likeness (QED) is 0.604. The third-order valence-corrected chi connectivity index (χ3v) is 4.58. The molecule has 3 aromatic rings. The topological polar surface area (TPSA) is 102 Å². The molecular formula is C21H25N5O3. The standard InChI is InChI=1S/C21H25N5O3/c1-4-20-23-24-25-26(20)19-10-16(15-7-5-14(2)6-8-15)9-17(11-19)21(28)22-18(12-27)13-29-3/h5-11,18,27H,4,12-13H2,1-3H3,(H,22,28)/t18-/m0/s1. The molecule has 2 N–H and O–H groups in total. The summed E-state index contributed by atoms with van der Waals surface area (Å²) in [6.07, 6.45) is 0.656. The third-order valence-electron chi connectivity index (χ3n) is 4.58. The Kier molecular flexibility index (Phi) is 6.69. The molecule has 2 aromatic carbocycles. The van der Waals surface area contributed by atoms with Gasteiger partial charge in [0.25, 0.3) is 5.91 Å². The number of amides is 1. The summed E-state index contributed by atoms with van der Waals surface area (Å²) in [5, 5.41) is 24.1. The highest BCUT2D eigenvalue weighted by atomic mass is 16.5. The fourth-order valence-corrected chi connectivity index (χ4v) is 3.01. The monoisotopic (exact) mass is 395 g/mol. The summed E-state index contributed by atoms with van der Waals surface area (Å²) in [4.78, 5) is 12.9. The van der Waals surface area contributed by atoms with E-state index in [0.717, 1.165) is 16.7 Å². The van der Waals surface area contributed by atoms with Crippen LogP contribution in [0.1, 0.15) is 28.7 Å². The Balaban J connectivity index is 2.05. The van der Waals surface area contributed by atoms with Crippen molar-refractivity contribution in [3.63, 3.8) is 0 Å². The second kappa shape index (κ2) is 9.40. The fraction of sp³-hybridized carbons (Fsp3) is 0.333. The number of benzene rings is 2. The molecule has 8 nitrogen and oxygen atoms in total. The van der Waals surface area contributed by atoms with Crippen molar-refractivity contribution in [3.8, 4) is 16.8 Å². The number of nitrogens with zero attached hydrogens (tertiary/aromatic N) is 4. The van der Waals surface area contributed by atoms with E-state index in [2.05, 4.69) is 20.8 Å². The first kappa shape index (κ1) is 20.6. The van der Waals surface area contributed by atoms with Crippen LogP contribution in [-0.2, 0) is 11.2 Å². The maximum absolute atomic E-state index is 12.9. The van der Waals surface area contributed by atoms with Gasteiger partial charge in [0.1, 0.15) is 0 Å². The molecule has 1 atom stereocenters. The minimum absolute atomic E-state index is 0.211. The summed E-state index contributed by atoms with van der Waals surface area (Å²) in [6, 6.07) is 13.1. The molecule has 152 valence electrons.